The molecule has 9 nitrogen and oxygen atoms in total. The van der Waals surface area contributed by atoms with Crippen LogP contribution in [0.15, 0.2) is 33.0 Å². The van der Waals surface area contributed by atoms with Gasteiger partial charge in [0.15, 0.2) is 0 Å². The second-order valence-electron chi connectivity index (χ2n) is 5.36. The first-order valence-electron chi connectivity index (χ1n) is 7.21. The number of nitrogens with one attached hydrogen (secondary N) is 3. The van der Waals surface area contributed by atoms with E-state index in [0.717, 1.165) is 24.7 Å². The highest BCUT2D eigenvalue weighted by Crippen LogP contribution is 2.38. The van der Waals surface area contributed by atoms with Gasteiger partial charge in [-0.05, 0) is 12.8 Å². The predicted octanol–water partition coefficient (Wildman–Crippen LogP) is -1.07. The third-order valence-corrected chi connectivity index (χ3v) is 3.60. The number of hydrogen-bond donors (Lipinski definition) is 3. The fraction of sp³-hybridized carbons (Fsp3) is 0.357. The van der Waals surface area contributed by atoms with Gasteiger partial charge in [0.05, 0.1) is 12.0 Å². The van der Waals surface area contributed by atoms with E-state index in [0.29, 0.717) is 5.92 Å². The molecule has 0 saturated heterocycles. The standard InChI is InChI=1S/C14H15N5O4/c20-11-5-10(8-1-2-8)17-7-19(11)4-3-15-12(21)9-6-16-14(23)18-13(9)22/h5-8H,1-4H2,(H,15,21)(H2,16,18,22,23). The molecule has 0 spiro atoms. The molecule has 1 aliphatic rings. The maximum atomic E-state index is 11.9. The van der Waals surface area contributed by atoms with Crippen LogP contribution >= 0.6 is 0 Å². The molecule has 0 aromatic carbocycles. The average Bonchev–Trinajstić information content (AvgIpc) is 3.33. The van der Waals surface area contributed by atoms with Gasteiger partial charge in [-0.1, -0.05) is 0 Å². The maximum Gasteiger partial charge on any atom is 0.325 e. The summed E-state index contributed by atoms with van der Waals surface area (Å²) < 4.78 is 1.39. The van der Waals surface area contributed by atoms with Crippen molar-refractivity contribution in [3.05, 3.63) is 61.0 Å². The van der Waals surface area contributed by atoms with Crippen LogP contribution in [0.3, 0.4) is 0 Å². The highest BCUT2D eigenvalue weighted by molar-refractivity contribution is 5.93. The van der Waals surface area contributed by atoms with E-state index in [4.69, 9.17) is 0 Å². The minimum absolute atomic E-state index is 0.155. The molecule has 0 unspecified atom stereocenters. The first-order valence-corrected chi connectivity index (χ1v) is 7.21. The van der Waals surface area contributed by atoms with Crippen molar-refractivity contribution in [1.82, 2.24) is 24.8 Å². The van der Waals surface area contributed by atoms with Crippen LogP contribution in [0.1, 0.15) is 34.8 Å². The van der Waals surface area contributed by atoms with Crippen molar-refractivity contribution >= 4 is 5.91 Å². The predicted molar refractivity (Wildman–Crippen MR) is 80.5 cm³/mol. The zero-order valence-electron chi connectivity index (χ0n) is 12.2. The van der Waals surface area contributed by atoms with E-state index in [-0.39, 0.29) is 24.2 Å². The summed E-state index contributed by atoms with van der Waals surface area (Å²) in [5.41, 5.74) is -0.994. The van der Waals surface area contributed by atoms with Gasteiger partial charge in [-0.3, -0.25) is 23.9 Å². The lowest BCUT2D eigenvalue weighted by molar-refractivity contribution is 0.0950. The first kappa shape index (κ1) is 14.9. The van der Waals surface area contributed by atoms with Crippen LogP contribution in [0, 0.1) is 0 Å². The Hall–Kier alpha value is -2.97. The molecular formula is C14H15N5O4. The largest absolute Gasteiger partial charge is 0.350 e. The molecule has 2 aromatic heterocycles. The molecule has 1 amide bonds. The normalized spacial score (nSPS) is 13.7. The Balaban J connectivity index is 1.60. The average molecular weight is 317 g/mol. The Morgan fingerprint density at radius 3 is 2.78 bits per heavy atom. The van der Waals surface area contributed by atoms with E-state index in [9.17, 15) is 19.2 Å². The summed E-state index contributed by atoms with van der Waals surface area (Å²) >= 11 is 0. The molecule has 2 heterocycles. The zero-order chi connectivity index (χ0) is 16.4. The lowest BCUT2D eigenvalue weighted by atomic mass is 10.3. The lowest BCUT2D eigenvalue weighted by Gasteiger charge is -2.07. The minimum Gasteiger partial charge on any atom is -0.350 e. The van der Waals surface area contributed by atoms with Gasteiger partial charge in [-0.25, -0.2) is 9.78 Å². The molecule has 3 rings (SSSR count). The Morgan fingerprint density at radius 1 is 1.35 bits per heavy atom. The number of hydrogen-bond acceptors (Lipinski definition) is 5. The van der Waals surface area contributed by atoms with Crippen molar-refractivity contribution < 1.29 is 4.79 Å². The molecule has 0 bridgehead atoms. The molecule has 1 aliphatic carbocycles. The third kappa shape index (κ3) is 3.44. The van der Waals surface area contributed by atoms with Crippen LogP contribution in [0.2, 0.25) is 0 Å². The minimum atomic E-state index is -0.765. The molecule has 0 atom stereocenters. The highest BCUT2D eigenvalue weighted by Gasteiger charge is 2.25. The van der Waals surface area contributed by atoms with E-state index in [1.54, 1.807) is 0 Å². The third-order valence-electron chi connectivity index (χ3n) is 3.60. The number of amides is 1. The van der Waals surface area contributed by atoms with Crippen LogP contribution in [-0.2, 0) is 6.54 Å². The van der Waals surface area contributed by atoms with Gasteiger partial charge in [0, 0.05) is 31.3 Å². The molecule has 23 heavy (non-hydrogen) atoms. The summed E-state index contributed by atoms with van der Waals surface area (Å²) in [4.78, 5) is 54.6. The molecule has 0 aliphatic heterocycles. The van der Waals surface area contributed by atoms with Gasteiger partial charge in [0.25, 0.3) is 17.0 Å². The number of rotatable bonds is 5. The molecule has 2 aromatic rings. The van der Waals surface area contributed by atoms with E-state index in [1.165, 1.54) is 17.0 Å². The van der Waals surface area contributed by atoms with E-state index >= 15 is 0 Å². The number of aromatic amines is 2. The van der Waals surface area contributed by atoms with Gasteiger partial charge in [0.2, 0.25) is 0 Å². The second-order valence-corrected chi connectivity index (χ2v) is 5.36. The van der Waals surface area contributed by atoms with Gasteiger partial charge in [-0.15, -0.1) is 0 Å². The van der Waals surface area contributed by atoms with Crippen LogP contribution in [0.25, 0.3) is 0 Å². The molecule has 120 valence electrons. The quantitative estimate of drug-likeness (QED) is 0.646. The summed E-state index contributed by atoms with van der Waals surface area (Å²) in [6.07, 6.45) is 4.66. The van der Waals surface area contributed by atoms with Crippen molar-refractivity contribution in [2.75, 3.05) is 6.54 Å². The summed E-state index contributed by atoms with van der Waals surface area (Å²) in [6.45, 7) is 0.394. The zero-order valence-corrected chi connectivity index (χ0v) is 12.2. The van der Waals surface area contributed by atoms with Crippen LogP contribution < -0.4 is 22.1 Å². The van der Waals surface area contributed by atoms with Gasteiger partial charge in [0.1, 0.15) is 5.56 Å². The number of aromatic nitrogens is 4. The molecule has 9 heteroatoms. The molecule has 0 radical (unpaired) electrons. The monoisotopic (exact) mass is 317 g/mol. The van der Waals surface area contributed by atoms with Crippen LogP contribution in [0.4, 0.5) is 0 Å². The Bertz CT molecular complexity index is 906. The molecule has 3 N–H and O–H groups in total. The van der Waals surface area contributed by atoms with E-state index in [2.05, 4.69) is 15.3 Å². The summed E-state index contributed by atoms with van der Waals surface area (Å²) in [7, 11) is 0. The maximum absolute atomic E-state index is 11.9. The van der Waals surface area contributed by atoms with E-state index in [1.807, 2.05) is 4.98 Å². The lowest BCUT2D eigenvalue weighted by Crippen LogP contribution is -2.36. The number of nitrogens with zero attached hydrogens (tertiary/aromatic N) is 2. The van der Waals surface area contributed by atoms with Crippen molar-refractivity contribution in [1.29, 1.82) is 0 Å². The second kappa shape index (κ2) is 6.03. The van der Waals surface area contributed by atoms with Crippen molar-refractivity contribution in [2.45, 2.75) is 25.3 Å². The number of carbonyl (C=O) groups excluding carboxylic acids is 1. The Kier molecular flexibility index (Phi) is 3.92. The molecule has 1 saturated carbocycles. The van der Waals surface area contributed by atoms with Crippen LogP contribution in [-0.4, -0.2) is 32.0 Å². The highest BCUT2D eigenvalue weighted by atomic mass is 16.2. The van der Waals surface area contributed by atoms with Gasteiger partial charge >= 0.3 is 5.69 Å². The van der Waals surface area contributed by atoms with Gasteiger partial charge in [-0.2, -0.15) is 0 Å². The summed E-state index contributed by atoms with van der Waals surface area (Å²) in [5.74, 6) is -0.220. The van der Waals surface area contributed by atoms with Crippen LogP contribution in [0.5, 0.6) is 0 Å². The smallest absolute Gasteiger partial charge is 0.325 e. The molecular weight excluding hydrogens is 302 g/mol. The Morgan fingerprint density at radius 2 is 2.13 bits per heavy atom. The Labute approximate surface area is 129 Å². The molecule has 1 fully saturated rings. The van der Waals surface area contributed by atoms with Crippen molar-refractivity contribution in [3.8, 4) is 0 Å². The fourth-order valence-electron chi connectivity index (χ4n) is 2.17. The van der Waals surface area contributed by atoms with Gasteiger partial charge < -0.3 is 10.3 Å². The first-order chi connectivity index (χ1) is 11.0. The topological polar surface area (TPSA) is 130 Å². The van der Waals surface area contributed by atoms with E-state index < -0.39 is 17.2 Å². The SMILES string of the molecule is O=C(NCCn1cnc(C2CC2)cc1=O)c1c[nH]c(=O)[nH]c1=O. The summed E-state index contributed by atoms with van der Waals surface area (Å²) in [5, 5.41) is 2.52. The summed E-state index contributed by atoms with van der Waals surface area (Å²) in [6, 6.07) is 1.52. The number of carbonyl (C=O) groups is 1. The number of H-pyrrole nitrogens is 2. The fourth-order valence-corrected chi connectivity index (χ4v) is 2.17. The van der Waals surface area contributed by atoms with Crippen molar-refractivity contribution in [3.63, 3.8) is 0 Å². The van der Waals surface area contributed by atoms with Crippen molar-refractivity contribution in [2.24, 2.45) is 0 Å².